The lowest BCUT2D eigenvalue weighted by atomic mass is 9.87. The molecule has 2 aromatic rings. The minimum absolute atomic E-state index is 0.00960. The van der Waals surface area contributed by atoms with Gasteiger partial charge in [-0.1, -0.05) is 45.0 Å². The molecule has 5 heteroatoms. The van der Waals surface area contributed by atoms with E-state index in [2.05, 4.69) is 30.7 Å². The van der Waals surface area contributed by atoms with Gasteiger partial charge in [-0.05, 0) is 22.6 Å². The largest absolute Gasteiger partial charge is 0.240 e. The zero-order valence-corrected chi connectivity index (χ0v) is 13.4. The summed E-state index contributed by atoms with van der Waals surface area (Å²) in [5, 5.41) is 0. The Hall–Kier alpha value is -1.75. The summed E-state index contributed by atoms with van der Waals surface area (Å²) in [7, 11) is -3.26. The Morgan fingerprint density at radius 3 is 2.05 bits per heavy atom. The molecule has 0 N–H and O–H groups in total. The molecule has 2 rings (SSSR count). The topological polar surface area (TPSA) is 59.9 Å². The Bertz CT molecular complexity index is 687. The Kier molecular flexibility index (Phi) is 4.42. The van der Waals surface area contributed by atoms with Gasteiger partial charge in [-0.15, -0.1) is 0 Å². The van der Waals surface area contributed by atoms with Crippen molar-refractivity contribution in [1.29, 1.82) is 0 Å². The average molecular weight is 304 g/mol. The normalized spacial score (nSPS) is 12.3. The van der Waals surface area contributed by atoms with E-state index in [-0.39, 0.29) is 16.9 Å². The lowest BCUT2D eigenvalue weighted by molar-refractivity contribution is 0.589. The van der Waals surface area contributed by atoms with E-state index in [1.54, 1.807) is 18.5 Å². The molecule has 1 aromatic heterocycles. The van der Waals surface area contributed by atoms with Crippen LogP contribution in [0.1, 0.15) is 37.7 Å². The first-order valence-corrected chi connectivity index (χ1v) is 8.64. The molecule has 0 saturated heterocycles. The molecule has 112 valence electrons. The van der Waals surface area contributed by atoms with Gasteiger partial charge in [0.25, 0.3) is 0 Å². The maximum Gasteiger partial charge on any atom is 0.161 e. The fourth-order valence-electron chi connectivity index (χ4n) is 2.01. The number of hydrogen-bond acceptors (Lipinski definition) is 4. The average Bonchev–Trinajstić information content (AvgIpc) is 2.38. The van der Waals surface area contributed by atoms with Crippen LogP contribution in [0.4, 0.5) is 0 Å². The van der Waals surface area contributed by atoms with E-state index in [9.17, 15) is 8.42 Å². The first-order chi connectivity index (χ1) is 9.76. The Morgan fingerprint density at radius 2 is 1.52 bits per heavy atom. The monoisotopic (exact) mass is 304 g/mol. The van der Waals surface area contributed by atoms with Gasteiger partial charge >= 0.3 is 0 Å². The van der Waals surface area contributed by atoms with Gasteiger partial charge in [0.2, 0.25) is 0 Å². The second-order valence-electron chi connectivity index (χ2n) is 6.14. The van der Waals surface area contributed by atoms with E-state index >= 15 is 0 Å². The van der Waals surface area contributed by atoms with Crippen molar-refractivity contribution in [2.75, 3.05) is 0 Å². The molecule has 21 heavy (non-hydrogen) atoms. The number of rotatable bonds is 4. The highest BCUT2D eigenvalue weighted by Crippen LogP contribution is 2.22. The summed E-state index contributed by atoms with van der Waals surface area (Å²) < 4.78 is 24.3. The van der Waals surface area contributed by atoms with Crippen molar-refractivity contribution in [3.63, 3.8) is 0 Å². The number of nitrogens with zero attached hydrogens (tertiary/aromatic N) is 2. The number of benzene rings is 1. The van der Waals surface area contributed by atoms with Crippen LogP contribution in [0.5, 0.6) is 0 Å². The Morgan fingerprint density at radius 1 is 0.952 bits per heavy atom. The maximum atomic E-state index is 12.2. The van der Waals surface area contributed by atoms with E-state index in [0.29, 0.717) is 5.82 Å². The van der Waals surface area contributed by atoms with Crippen molar-refractivity contribution in [3.8, 4) is 0 Å². The van der Waals surface area contributed by atoms with Gasteiger partial charge in [-0.25, -0.2) is 18.4 Å². The van der Waals surface area contributed by atoms with Crippen LogP contribution in [0.3, 0.4) is 0 Å². The molecule has 0 radical (unpaired) electrons. The van der Waals surface area contributed by atoms with Gasteiger partial charge in [0, 0.05) is 12.4 Å². The zero-order chi connectivity index (χ0) is 15.5. The molecule has 0 bridgehead atoms. The van der Waals surface area contributed by atoms with Crippen LogP contribution in [-0.4, -0.2) is 18.4 Å². The molecule has 0 fully saturated rings. The number of aromatic nitrogens is 2. The van der Waals surface area contributed by atoms with E-state index in [0.717, 1.165) is 5.56 Å². The molecule has 1 heterocycles. The van der Waals surface area contributed by atoms with E-state index in [1.165, 1.54) is 5.56 Å². The molecule has 0 saturated carbocycles. The lowest BCUT2D eigenvalue weighted by Gasteiger charge is -2.19. The predicted molar refractivity (Wildman–Crippen MR) is 83.5 cm³/mol. The van der Waals surface area contributed by atoms with Crippen molar-refractivity contribution < 1.29 is 8.42 Å². The second-order valence-corrected chi connectivity index (χ2v) is 8.21. The molecule has 0 aliphatic carbocycles. The molecule has 4 nitrogen and oxygen atoms in total. The van der Waals surface area contributed by atoms with Crippen LogP contribution in [0, 0.1) is 0 Å². The molecular formula is C16H20N2O2S. The minimum Gasteiger partial charge on any atom is -0.240 e. The van der Waals surface area contributed by atoms with Crippen molar-refractivity contribution in [2.45, 2.75) is 37.7 Å². The summed E-state index contributed by atoms with van der Waals surface area (Å²) in [6.07, 6.45) is 3.10. The van der Waals surface area contributed by atoms with Crippen LogP contribution in [-0.2, 0) is 26.8 Å². The van der Waals surface area contributed by atoms with Crippen molar-refractivity contribution in [3.05, 3.63) is 59.7 Å². The first kappa shape index (κ1) is 15.6. The Labute approximate surface area is 126 Å². The third-order valence-corrected chi connectivity index (χ3v) is 4.65. The second kappa shape index (κ2) is 5.93. The third kappa shape index (κ3) is 4.63. The molecule has 0 amide bonds. The van der Waals surface area contributed by atoms with Crippen LogP contribution in [0.25, 0.3) is 0 Å². The van der Waals surface area contributed by atoms with E-state index in [4.69, 9.17) is 0 Å². The van der Waals surface area contributed by atoms with Gasteiger partial charge < -0.3 is 0 Å². The molecular weight excluding hydrogens is 284 g/mol. The minimum atomic E-state index is -3.26. The molecule has 0 unspecified atom stereocenters. The predicted octanol–water partition coefficient (Wildman–Crippen LogP) is 2.89. The van der Waals surface area contributed by atoms with Gasteiger partial charge in [0.1, 0.15) is 11.6 Å². The smallest absolute Gasteiger partial charge is 0.161 e. The van der Waals surface area contributed by atoms with Gasteiger partial charge in [0.15, 0.2) is 9.84 Å². The summed E-state index contributed by atoms with van der Waals surface area (Å²) in [5.74, 6) is 0.216. The number of sulfone groups is 1. The highest BCUT2D eigenvalue weighted by molar-refractivity contribution is 7.89. The Balaban J connectivity index is 2.10. The lowest BCUT2D eigenvalue weighted by Crippen LogP contribution is -2.12. The summed E-state index contributed by atoms with van der Waals surface area (Å²) >= 11 is 0. The highest BCUT2D eigenvalue weighted by Gasteiger charge is 2.16. The van der Waals surface area contributed by atoms with Crippen molar-refractivity contribution >= 4 is 9.84 Å². The van der Waals surface area contributed by atoms with Gasteiger partial charge in [-0.3, -0.25) is 0 Å². The standard InChI is InChI=1S/C16H20N2O2S/c1-16(2,3)14-7-5-13(6-8-14)11-21(19,20)12-15-17-9-4-10-18-15/h4-10H,11-12H2,1-3H3. The molecule has 0 spiro atoms. The zero-order valence-electron chi connectivity index (χ0n) is 12.6. The third-order valence-electron chi connectivity index (χ3n) is 3.17. The van der Waals surface area contributed by atoms with Gasteiger partial charge in [-0.2, -0.15) is 0 Å². The SMILES string of the molecule is CC(C)(C)c1ccc(CS(=O)(=O)Cc2ncccn2)cc1. The summed E-state index contributed by atoms with van der Waals surface area (Å²) in [5.41, 5.74) is 2.05. The van der Waals surface area contributed by atoms with E-state index < -0.39 is 9.84 Å². The maximum absolute atomic E-state index is 12.2. The van der Waals surface area contributed by atoms with Crippen LogP contribution >= 0.6 is 0 Å². The summed E-state index contributed by atoms with van der Waals surface area (Å²) in [6.45, 7) is 6.39. The van der Waals surface area contributed by atoms with Crippen LogP contribution < -0.4 is 0 Å². The fourth-order valence-corrected chi connectivity index (χ4v) is 3.35. The van der Waals surface area contributed by atoms with Crippen LogP contribution in [0.2, 0.25) is 0 Å². The van der Waals surface area contributed by atoms with Crippen molar-refractivity contribution in [2.24, 2.45) is 0 Å². The highest BCUT2D eigenvalue weighted by atomic mass is 32.2. The van der Waals surface area contributed by atoms with E-state index in [1.807, 2.05) is 24.3 Å². The molecule has 0 aliphatic heterocycles. The van der Waals surface area contributed by atoms with Crippen LogP contribution in [0.15, 0.2) is 42.7 Å². The molecule has 1 aromatic carbocycles. The first-order valence-electron chi connectivity index (χ1n) is 6.82. The molecule has 0 aliphatic rings. The summed E-state index contributed by atoms with van der Waals surface area (Å²) in [4.78, 5) is 7.92. The van der Waals surface area contributed by atoms with Gasteiger partial charge in [0.05, 0.1) is 5.75 Å². The summed E-state index contributed by atoms with van der Waals surface area (Å²) in [6, 6.07) is 9.41. The number of hydrogen-bond donors (Lipinski definition) is 0. The fraction of sp³-hybridized carbons (Fsp3) is 0.375. The quantitative estimate of drug-likeness (QED) is 0.871. The molecule has 0 atom stereocenters. The van der Waals surface area contributed by atoms with Crippen molar-refractivity contribution in [1.82, 2.24) is 9.97 Å².